The molecule has 1 fully saturated rings. The Kier molecular flexibility index (Phi) is 3.84. The van der Waals surface area contributed by atoms with E-state index in [1.165, 1.54) is 18.2 Å². The lowest BCUT2D eigenvalue weighted by atomic mass is 10.2. The summed E-state index contributed by atoms with van der Waals surface area (Å²) in [4.78, 5) is 11.7. The van der Waals surface area contributed by atoms with Crippen molar-refractivity contribution >= 4 is 17.6 Å². The lowest BCUT2D eigenvalue weighted by Gasteiger charge is -2.17. The zero-order valence-electron chi connectivity index (χ0n) is 10.1. The Morgan fingerprint density at radius 3 is 2.84 bits per heavy atom. The molecule has 1 aliphatic rings. The molecular weight excluding hydrogens is 251 g/mol. The van der Waals surface area contributed by atoms with Gasteiger partial charge in [0.05, 0.1) is 6.04 Å². The summed E-state index contributed by atoms with van der Waals surface area (Å²) in [7, 11) is 0. The second-order valence-electron chi connectivity index (χ2n) is 4.45. The van der Waals surface area contributed by atoms with Gasteiger partial charge in [0.15, 0.2) is 5.84 Å². The largest absolute Gasteiger partial charge is 0.409 e. The van der Waals surface area contributed by atoms with Crippen molar-refractivity contribution in [3.8, 4) is 0 Å². The van der Waals surface area contributed by atoms with E-state index in [0.717, 1.165) is 12.8 Å². The normalized spacial score (nSPS) is 16.8. The quantitative estimate of drug-likeness (QED) is 0.287. The molecule has 0 aromatic heterocycles. The highest BCUT2D eigenvalue weighted by Gasteiger charge is 2.35. The minimum Gasteiger partial charge on any atom is -0.409 e. The van der Waals surface area contributed by atoms with Crippen molar-refractivity contribution in [2.24, 2.45) is 16.8 Å². The zero-order chi connectivity index (χ0) is 13.8. The molecule has 0 bridgehead atoms. The predicted molar refractivity (Wildman–Crippen MR) is 68.5 cm³/mol. The fourth-order valence-corrected chi connectivity index (χ4v) is 1.80. The van der Waals surface area contributed by atoms with E-state index in [1.54, 1.807) is 6.07 Å². The monoisotopic (exact) mass is 266 g/mol. The first-order valence-corrected chi connectivity index (χ1v) is 5.90. The maximum Gasteiger partial charge on any atom is 0.319 e. The van der Waals surface area contributed by atoms with E-state index in [2.05, 4.69) is 15.8 Å². The molecule has 0 aliphatic heterocycles. The molecule has 0 spiro atoms. The number of oxime groups is 1. The van der Waals surface area contributed by atoms with Crippen LogP contribution in [-0.4, -0.2) is 23.1 Å². The third kappa shape index (κ3) is 3.57. The van der Waals surface area contributed by atoms with Crippen LogP contribution in [0.2, 0.25) is 0 Å². The SMILES string of the molecule is NC(=NO)C(NC(=O)Nc1cccc(F)c1)C1CC1. The van der Waals surface area contributed by atoms with Gasteiger partial charge in [0.1, 0.15) is 5.82 Å². The zero-order valence-corrected chi connectivity index (χ0v) is 10.1. The Balaban J connectivity index is 1.96. The number of carbonyl (C=O) groups is 1. The number of hydrogen-bond donors (Lipinski definition) is 4. The van der Waals surface area contributed by atoms with Crippen LogP contribution in [0.4, 0.5) is 14.9 Å². The van der Waals surface area contributed by atoms with Gasteiger partial charge in [-0.3, -0.25) is 0 Å². The summed E-state index contributed by atoms with van der Waals surface area (Å²) in [5.74, 6) is -0.279. The number of carbonyl (C=O) groups excluding carboxylic acids is 1. The summed E-state index contributed by atoms with van der Waals surface area (Å²) in [6.45, 7) is 0. The number of rotatable bonds is 4. The smallest absolute Gasteiger partial charge is 0.319 e. The standard InChI is InChI=1S/C12H15FN4O2/c13-8-2-1-3-9(6-8)15-12(18)16-10(7-4-5-7)11(14)17-19/h1-3,6-7,10,19H,4-5H2,(H2,14,17)(H2,15,16,18). The Morgan fingerprint density at radius 2 is 2.26 bits per heavy atom. The molecule has 0 heterocycles. The molecule has 1 aromatic rings. The van der Waals surface area contributed by atoms with E-state index in [4.69, 9.17) is 10.9 Å². The first kappa shape index (κ1) is 13.1. The number of halogens is 1. The molecule has 7 heteroatoms. The van der Waals surface area contributed by atoms with Gasteiger partial charge in [-0.25, -0.2) is 9.18 Å². The second-order valence-corrected chi connectivity index (χ2v) is 4.45. The number of benzene rings is 1. The minimum atomic E-state index is -0.519. The number of nitrogens with two attached hydrogens (primary N) is 1. The fourth-order valence-electron chi connectivity index (χ4n) is 1.80. The van der Waals surface area contributed by atoms with Crippen molar-refractivity contribution in [2.75, 3.05) is 5.32 Å². The van der Waals surface area contributed by atoms with E-state index >= 15 is 0 Å². The molecule has 1 saturated carbocycles. The highest BCUT2D eigenvalue weighted by Crippen LogP contribution is 2.32. The number of amides is 2. The van der Waals surface area contributed by atoms with E-state index in [0.29, 0.717) is 5.69 Å². The van der Waals surface area contributed by atoms with Crippen LogP contribution in [0.1, 0.15) is 12.8 Å². The molecule has 102 valence electrons. The van der Waals surface area contributed by atoms with Gasteiger partial charge in [-0.05, 0) is 37.0 Å². The van der Waals surface area contributed by atoms with Crippen LogP contribution >= 0.6 is 0 Å². The first-order chi connectivity index (χ1) is 9.10. The predicted octanol–water partition coefficient (Wildman–Crippen LogP) is 1.47. The average molecular weight is 266 g/mol. The topological polar surface area (TPSA) is 99.7 Å². The Morgan fingerprint density at radius 1 is 1.53 bits per heavy atom. The lowest BCUT2D eigenvalue weighted by Crippen LogP contribution is -2.47. The number of nitrogens with zero attached hydrogens (tertiary/aromatic N) is 1. The highest BCUT2D eigenvalue weighted by atomic mass is 19.1. The van der Waals surface area contributed by atoms with Crippen LogP contribution in [0.15, 0.2) is 29.4 Å². The van der Waals surface area contributed by atoms with E-state index in [9.17, 15) is 9.18 Å². The molecular formula is C12H15FN4O2. The van der Waals surface area contributed by atoms with Crippen LogP contribution < -0.4 is 16.4 Å². The number of anilines is 1. The Hall–Kier alpha value is -2.31. The lowest BCUT2D eigenvalue weighted by molar-refractivity contribution is 0.249. The molecule has 5 N–H and O–H groups in total. The number of amidine groups is 1. The maximum absolute atomic E-state index is 13.0. The van der Waals surface area contributed by atoms with Gasteiger partial charge in [0, 0.05) is 5.69 Å². The van der Waals surface area contributed by atoms with Crippen LogP contribution in [-0.2, 0) is 0 Å². The Bertz CT molecular complexity index is 502. The van der Waals surface area contributed by atoms with Crippen LogP contribution in [0.5, 0.6) is 0 Å². The third-order valence-electron chi connectivity index (χ3n) is 2.90. The van der Waals surface area contributed by atoms with Crippen molar-refractivity contribution < 1.29 is 14.4 Å². The van der Waals surface area contributed by atoms with Crippen LogP contribution in [0.3, 0.4) is 0 Å². The second kappa shape index (κ2) is 5.55. The summed E-state index contributed by atoms with van der Waals surface area (Å²) in [5, 5.41) is 16.7. The molecule has 1 atom stereocenters. The van der Waals surface area contributed by atoms with Crippen molar-refractivity contribution in [1.29, 1.82) is 0 Å². The summed E-state index contributed by atoms with van der Waals surface area (Å²) in [6.07, 6.45) is 1.84. The van der Waals surface area contributed by atoms with Gasteiger partial charge >= 0.3 is 6.03 Å². The van der Waals surface area contributed by atoms with Gasteiger partial charge < -0.3 is 21.6 Å². The van der Waals surface area contributed by atoms with E-state index in [1.807, 2.05) is 0 Å². The van der Waals surface area contributed by atoms with E-state index < -0.39 is 17.9 Å². The molecule has 1 aliphatic carbocycles. The van der Waals surface area contributed by atoms with Gasteiger partial charge in [0.25, 0.3) is 0 Å². The van der Waals surface area contributed by atoms with Crippen molar-refractivity contribution in [3.63, 3.8) is 0 Å². The first-order valence-electron chi connectivity index (χ1n) is 5.90. The van der Waals surface area contributed by atoms with Gasteiger partial charge in [-0.1, -0.05) is 11.2 Å². The summed E-state index contributed by atoms with van der Waals surface area (Å²) in [5.41, 5.74) is 5.86. The Labute approximate surface area is 109 Å². The molecule has 0 radical (unpaired) electrons. The summed E-state index contributed by atoms with van der Waals surface area (Å²) >= 11 is 0. The fraction of sp³-hybridized carbons (Fsp3) is 0.333. The molecule has 6 nitrogen and oxygen atoms in total. The van der Waals surface area contributed by atoms with Crippen LogP contribution in [0.25, 0.3) is 0 Å². The van der Waals surface area contributed by atoms with Crippen molar-refractivity contribution in [1.82, 2.24) is 5.32 Å². The van der Waals surface area contributed by atoms with Gasteiger partial charge in [-0.2, -0.15) is 0 Å². The highest BCUT2D eigenvalue weighted by molar-refractivity contribution is 5.95. The number of hydrogen-bond acceptors (Lipinski definition) is 3. The molecule has 1 aromatic carbocycles. The van der Waals surface area contributed by atoms with Crippen molar-refractivity contribution in [2.45, 2.75) is 18.9 Å². The van der Waals surface area contributed by atoms with Gasteiger partial charge in [-0.15, -0.1) is 0 Å². The summed E-state index contributed by atoms with van der Waals surface area (Å²) in [6, 6.07) is 4.53. The van der Waals surface area contributed by atoms with Crippen molar-refractivity contribution in [3.05, 3.63) is 30.1 Å². The maximum atomic E-state index is 13.0. The third-order valence-corrected chi connectivity index (χ3v) is 2.90. The van der Waals surface area contributed by atoms with Crippen LogP contribution in [0, 0.1) is 11.7 Å². The molecule has 0 saturated heterocycles. The minimum absolute atomic E-state index is 0.0307. The summed E-state index contributed by atoms with van der Waals surface area (Å²) < 4.78 is 13.0. The molecule has 1 unspecified atom stereocenters. The van der Waals surface area contributed by atoms with E-state index in [-0.39, 0.29) is 11.8 Å². The molecule has 2 rings (SSSR count). The number of nitrogens with one attached hydrogen (secondary N) is 2. The van der Waals surface area contributed by atoms with Gasteiger partial charge in [0.2, 0.25) is 0 Å². The average Bonchev–Trinajstić information content (AvgIpc) is 3.19. The number of urea groups is 1. The molecule has 2 amide bonds. The molecule has 19 heavy (non-hydrogen) atoms.